The SMILES string of the molecule is COc1ccc(C(=O)O)cc1S(=O)(=O)NC(C)C1CCC1. The third-order valence-corrected chi connectivity index (χ3v) is 5.48. The van der Waals surface area contributed by atoms with E-state index in [-0.39, 0.29) is 22.3 Å². The van der Waals surface area contributed by atoms with Crippen molar-refractivity contribution in [2.24, 2.45) is 5.92 Å². The molecule has 0 amide bonds. The van der Waals surface area contributed by atoms with Crippen LogP contribution < -0.4 is 9.46 Å². The maximum atomic E-state index is 12.5. The number of benzene rings is 1. The molecule has 0 aromatic heterocycles. The van der Waals surface area contributed by atoms with Gasteiger partial charge in [0.1, 0.15) is 10.6 Å². The third kappa shape index (κ3) is 3.36. The number of carbonyl (C=O) groups is 1. The van der Waals surface area contributed by atoms with Crippen LogP contribution in [0.15, 0.2) is 23.1 Å². The van der Waals surface area contributed by atoms with Gasteiger partial charge in [-0.25, -0.2) is 17.9 Å². The zero-order chi connectivity index (χ0) is 15.6. The molecule has 0 aliphatic heterocycles. The van der Waals surface area contributed by atoms with Crippen LogP contribution in [0.3, 0.4) is 0 Å². The number of carboxylic acids is 1. The molecule has 1 saturated carbocycles. The Kier molecular flexibility index (Phi) is 4.53. The van der Waals surface area contributed by atoms with Gasteiger partial charge in [-0.2, -0.15) is 0 Å². The minimum absolute atomic E-state index is 0.0903. The summed E-state index contributed by atoms with van der Waals surface area (Å²) in [7, 11) is -2.47. The van der Waals surface area contributed by atoms with Crippen molar-refractivity contribution in [3.8, 4) is 5.75 Å². The Hall–Kier alpha value is -1.60. The highest BCUT2D eigenvalue weighted by atomic mass is 32.2. The van der Waals surface area contributed by atoms with Crippen molar-refractivity contribution in [1.82, 2.24) is 4.72 Å². The summed E-state index contributed by atoms with van der Waals surface area (Å²) in [5, 5.41) is 9.00. The summed E-state index contributed by atoms with van der Waals surface area (Å²) in [6.45, 7) is 1.83. The number of hydrogen-bond acceptors (Lipinski definition) is 4. The van der Waals surface area contributed by atoms with Gasteiger partial charge in [0.25, 0.3) is 0 Å². The first-order chi connectivity index (χ1) is 9.85. The highest BCUT2D eigenvalue weighted by molar-refractivity contribution is 7.89. The van der Waals surface area contributed by atoms with Crippen molar-refractivity contribution in [3.05, 3.63) is 23.8 Å². The highest BCUT2D eigenvalue weighted by Crippen LogP contribution is 2.31. The van der Waals surface area contributed by atoms with Crippen LogP contribution in [0.4, 0.5) is 0 Å². The van der Waals surface area contributed by atoms with Gasteiger partial charge < -0.3 is 9.84 Å². The molecule has 0 spiro atoms. The van der Waals surface area contributed by atoms with Gasteiger partial charge in [0.2, 0.25) is 10.0 Å². The van der Waals surface area contributed by atoms with E-state index >= 15 is 0 Å². The van der Waals surface area contributed by atoms with Crippen LogP contribution in [0, 0.1) is 5.92 Å². The number of hydrogen-bond donors (Lipinski definition) is 2. The van der Waals surface area contributed by atoms with Gasteiger partial charge in [0, 0.05) is 6.04 Å². The molecule has 1 fully saturated rings. The normalized spacial score (nSPS) is 17.0. The second-order valence-electron chi connectivity index (χ2n) is 5.27. The van der Waals surface area contributed by atoms with Crippen LogP contribution in [-0.4, -0.2) is 32.6 Å². The molecule has 7 heteroatoms. The van der Waals surface area contributed by atoms with E-state index < -0.39 is 16.0 Å². The fraction of sp³-hybridized carbons (Fsp3) is 0.500. The first kappa shape index (κ1) is 15.8. The fourth-order valence-electron chi connectivity index (χ4n) is 2.36. The van der Waals surface area contributed by atoms with Crippen LogP contribution >= 0.6 is 0 Å². The number of aromatic carboxylic acids is 1. The summed E-state index contributed by atoms with van der Waals surface area (Å²) < 4.78 is 32.6. The van der Waals surface area contributed by atoms with Crippen LogP contribution in [0.5, 0.6) is 5.75 Å². The number of carboxylic acid groups (broad SMARTS) is 1. The van der Waals surface area contributed by atoms with Crippen LogP contribution in [-0.2, 0) is 10.0 Å². The summed E-state index contributed by atoms with van der Waals surface area (Å²) >= 11 is 0. The van der Waals surface area contributed by atoms with Crippen molar-refractivity contribution in [2.45, 2.75) is 37.1 Å². The summed E-state index contributed by atoms with van der Waals surface area (Å²) in [4.78, 5) is 10.9. The molecule has 116 valence electrons. The minimum atomic E-state index is -3.82. The lowest BCUT2D eigenvalue weighted by Crippen LogP contribution is -2.40. The second-order valence-corrected chi connectivity index (χ2v) is 6.95. The van der Waals surface area contributed by atoms with Gasteiger partial charge in [-0.3, -0.25) is 0 Å². The first-order valence-corrected chi connectivity index (χ1v) is 8.27. The lowest BCUT2D eigenvalue weighted by atomic mass is 9.81. The maximum absolute atomic E-state index is 12.5. The highest BCUT2D eigenvalue weighted by Gasteiger charge is 2.29. The molecule has 2 N–H and O–H groups in total. The summed E-state index contributed by atoms with van der Waals surface area (Å²) in [5.41, 5.74) is -0.0903. The molecule has 1 aliphatic carbocycles. The molecule has 1 aromatic carbocycles. The summed E-state index contributed by atoms with van der Waals surface area (Å²) in [5.74, 6) is -0.706. The molecule has 1 aliphatic rings. The third-order valence-electron chi connectivity index (χ3n) is 3.90. The van der Waals surface area contributed by atoms with Gasteiger partial charge in [0.15, 0.2) is 0 Å². The van der Waals surface area contributed by atoms with E-state index in [9.17, 15) is 13.2 Å². The van der Waals surface area contributed by atoms with E-state index in [4.69, 9.17) is 9.84 Å². The van der Waals surface area contributed by atoms with Gasteiger partial charge in [0.05, 0.1) is 12.7 Å². The fourth-order valence-corrected chi connectivity index (χ4v) is 3.87. The standard InChI is InChI=1S/C14H19NO5S/c1-9(10-4-3-5-10)15-21(18,19)13-8-11(14(16)17)6-7-12(13)20-2/h6-10,15H,3-5H2,1-2H3,(H,16,17). The number of rotatable bonds is 6. The molecule has 6 nitrogen and oxygen atoms in total. The minimum Gasteiger partial charge on any atom is -0.495 e. The molecular formula is C14H19NO5S. The average Bonchev–Trinajstić information content (AvgIpc) is 2.34. The van der Waals surface area contributed by atoms with Crippen LogP contribution in [0.25, 0.3) is 0 Å². The topological polar surface area (TPSA) is 92.7 Å². The maximum Gasteiger partial charge on any atom is 0.335 e. The molecule has 1 aromatic rings. The monoisotopic (exact) mass is 313 g/mol. The molecule has 2 rings (SSSR count). The van der Waals surface area contributed by atoms with Gasteiger partial charge in [-0.05, 0) is 43.9 Å². The van der Waals surface area contributed by atoms with E-state index in [1.54, 1.807) is 0 Å². The zero-order valence-corrected chi connectivity index (χ0v) is 12.8. The Labute approximate surface area is 124 Å². The molecule has 1 atom stereocenters. The van der Waals surface area contributed by atoms with E-state index in [1.165, 1.54) is 19.2 Å². The Morgan fingerprint density at radius 3 is 2.57 bits per heavy atom. The van der Waals surface area contributed by atoms with Crippen molar-refractivity contribution < 1.29 is 23.1 Å². The number of sulfonamides is 1. The van der Waals surface area contributed by atoms with Crippen LogP contribution in [0.2, 0.25) is 0 Å². The van der Waals surface area contributed by atoms with Crippen molar-refractivity contribution in [2.75, 3.05) is 7.11 Å². The molecule has 1 unspecified atom stereocenters. The Morgan fingerprint density at radius 1 is 1.43 bits per heavy atom. The van der Waals surface area contributed by atoms with Gasteiger partial charge in [-0.1, -0.05) is 6.42 Å². The second kappa shape index (κ2) is 6.03. The first-order valence-electron chi connectivity index (χ1n) is 6.79. The van der Waals surface area contributed by atoms with E-state index in [1.807, 2.05) is 6.92 Å². The van der Waals surface area contributed by atoms with Crippen molar-refractivity contribution in [1.29, 1.82) is 0 Å². The molecule has 0 bridgehead atoms. The summed E-state index contributed by atoms with van der Waals surface area (Å²) in [6.07, 6.45) is 3.14. The van der Waals surface area contributed by atoms with Crippen molar-refractivity contribution >= 4 is 16.0 Å². The Morgan fingerprint density at radius 2 is 2.10 bits per heavy atom. The molecule has 0 heterocycles. The van der Waals surface area contributed by atoms with Gasteiger partial charge >= 0.3 is 5.97 Å². The van der Waals surface area contributed by atoms with Crippen molar-refractivity contribution in [3.63, 3.8) is 0 Å². The summed E-state index contributed by atoms with van der Waals surface area (Å²) in [6, 6.07) is 3.61. The van der Waals surface area contributed by atoms with E-state index in [0.717, 1.165) is 25.3 Å². The zero-order valence-electron chi connectivity index (χ0n) is 12.0. The Balaban J connectivity index is 2.32. The number of nitrogens with one attached hydrogen (secondary N) is 1. The predicted molar refractivity (Wildman–Crippen MR) is 77.1 cm³/mol. The smallest absolute Gasteiger partial charge is 0.335 e. The Bertz CT molecular complexity index is 637. The predicted octanol–water partition coefficient (Wildman–Crippen LogP) is 1.86. The average molecular weight is 313 g/mol. The van der Waals surface area contributed by atoms with Gasteiger partial charge in [-0.15, -0.1) is 0 Å². The van der Waals surface area contributed by atoms with Crippen LogP contribution in [0.1, 0.15) is 36.5 Å². The lowest BCUT2D eigenvalue weighted by Gasteiger charge is -2.31. The van der Waals surface area contributed by atoms with E-state index in [2.05, 4.69) is 4.72 Å². The molecular weight excluding hydrogens is 294 g/mol. The lowest BCUT2D eigenvalue weighted by molar-refractivity contribution is 0.0696. The number of methoxy groups -OCH3 is 1. The molecule has 0 radical (unpaired) electrons. The largest absolute Gasteiger partial charge is 0.495 e. The molecule has 21 heavy (non-hydrogen) atoms. The quantitative estimate of drug-likeness (QED) is 0.836. The number of ether oxygens (including phenoxy) is 1. The molecule has 0 saturated heterocycles. The van der Waals surface area contributed by atoms with E-state index in [0.29, 0.717) is 5.92 Å².